The van der Waals surface area contributed by atoms with Crippen LogP contribution in [-0.4, -0.2) is 103 Å². The number of benzene rings is 2. The van der Waals surface area contributed by atoms with Crippen molar-refractivity contribution in [3.63, 3.8) is 0 Å². The SMILES string of the molecule is COC(=O)CCCCCC1(C)\C(=C/C=C/C=C/C2=[N+](CCCS(=O)(=O)O)c3ccc(S(=O)(=O)O)cc3C2(C)CCCCCC(=O)O)N(CCCCCC(=O)O)c2ccc(S(=O)(=O)[OH2+])cc21. The molecule has 2 aromatic rings. The van der Waals surface area contributed by atoms with E-state index in [1.807, 2.05) is 36.7 Å². The van der Waals surface area contributed by atoms with E-state index in [2.05, 4.69) is 4.90 Å². The van der Waals surface area contributed by atoms with Gasteiger partial charge in [0.05, 0.1) is 23.2 Å². The van der Waals surface area contributed by atoms with Crippen LogP contribution in [0.15, 0.2) is 82.3 Å². The number of carboxylic acid groups (broad SMARTS) is 2. The molecular weight excluding hydrogens is 905 g/mol. The zero-order valence-electron chi connectivity index (χ0n) is 37.1. The standard InChI is InChI=1S/C45H60N2O15S3/c1-44(27-14-6-12-21-43(52)62-3)35-31-33(64(56,57)58)22-24-37(35)46(28-15-7-11-20-42(50)51)39(44)17-8-4-9-18-40-45(2,26-13-5-10-19-41(48)49)36-32-34(65(59,60)61)23-25-38(36)47(40)29-16-30-63(53,54)55/h4,8-9,17-18,22-25,31-32H,5-7,10-16,19-21,26-30H2,1-3H3,(H4-,48,49,50,51,53,54,55,56,57,58,59,60,61)/p+2. The van der Waals surface area contributed by atoms with E-state index in [9.17, 15) is 59.0 Å². The third kappa shape index (κ3) is 14.4. The van der Waals surface area contributed by atoms with Crippen molar-refractivity contribution in [1.29, 1.82) is 0 Å². The van der Waals surface area contributed by atoms with Crippen LogP contribution in [0.3, 0.4) is 0 Å². The van der Waals surface area contributed by atoms with Gasteiger partial charge in [-0.05, 0) is 94.3 Å². The lowest BCUT2D eigenvalue weighted by molar-refractivity contribution is -0.437. The molecule has 2 unspecified atom stereocenters. The van der Waals surface area contributed by atoms with Crippen molar-refractivity contribution in [3.8, 4) is 0 Å². The van der Waals surface area contributed by atoms with Crippen molar-refractivity contribution in [3.05, 3.63) is 83.6 Å². The number of allylic oxidation sites excluding steroid dienone is 6. The molecule has 0 amide bonds. The van der Waals surface area contributed by atoms with Gasteiger partial charge in [-0.1, -0.05) is 50.3 Å². The van der Waals surface area contributed by atoms with Crippen LogP contribution in [0.2, 0.25) is 0 Å². The van der Waals surface area contributed by atoms with E-state index in [0.717, 1.165) is 11.4 Å². The van der Waals surface area contributed by atoms with Gasteiger partial charge in [0.2, 0.25) is 5.69 Å². The van der Waals surface area contributed by atoms with Gasteiger partial charge in [-0.25, -0.2) is 0 Å². The van der Waals surface area contributed by atoms with Crippen molar-refractivity contribution >= 4 is 65.3 Å². The van der Waals surface area contributed by atoms with E-state index in [4.69, 9.17) is 9.29 Å². The van der Waals surface area contributed by atoms with Crippen LogP contribution < -0.4 is 4.90 Å². The normalized spacial score (nSPS) is 19.4. The second-order valence-corrected chi connectivity index (χ2v) is 21.4. The molecule has 17 nitrogen and oxygen atoms in total. The summed E-state index contributed by atoms with van der Waals surface area (Å²) in [5.74, 6) is -2.67. The van der Waals surface area contributed by atoms with Crippen molar-refractivity contribution < 1.29 is 72.8 Å². The van der Waals surface area contributed by atoms with Crippen LogP contribution in [-0.2, 0) is 60.3 Å². The number of nitrogens with zero attached hydrogens (tertiary/aromatic N) is 2. The largest absolute Gasteiger partial charge is 0.481 e. The number of unbranched alkanes of at least 4 members (excludes halogenated alkanes) is 6. The molecule has 0 bridgehead atoms. The molecule has 358 valence electrons. The lowest BCUT2D eigenvalue weighted by atomic mass is 9.75. The number of rotatable bonds is 27. The lowest BCUT2D eigenvalue weighted by Gasteiger charge is -2.30. The molecule has 0 aliphatic carbocycles. The maximum Gasteiger partial charge on any atom is 0.409 e. The number of ether oxygens (including phenoxy) is 1. The fourth-order valence-corrected chi connectivity index (χ4v) is 10.4. The molecule has 0 radical (unpaired) electrons. The molecule has 2 aliphatic heterocycles. The van der Waals surface area contributed by atoms with E-state index in [1.54, 1.807) is 18.2 Å². The van der Waals surface area contributed by atoms with Gasteiger partial charge in [0.25, 0.3) is 20.2 Å². The number of carboxylic acids is 2. The second kappa shape index (κ2) is 22.6. The van der Waals surface area contributed by atoms with Gasteiger partial charge in [0.15, 0.2) is 5.71 Å². The minimum Gasteiger partial charge on any atom is -0.481 e. The molecule has 65 heavy (non-hydrogen) atoms. The van der Waals surface area contributed by atoms with E-state index < -0.39 is 58.9 Å². The number of aliphatic carboxylic acids is 2. The van der Waals surface area contributed by atoms with Crippen LogP contribution in [0.4, 0.5) is 11.4 Å². The number of esters is 1. The molecule has 2 heterocycles. The average molecular weight is 967 g/mol. The molecule has 0 fully saturated rings. The number of fused-ring (bicyclic) bond motifs is 2. The number of methoxy groups -OCH3 is 1. The van der Waals surface area contributed by atoms with Gasteiger partial charge in [-0.15, -0.1) is 8.42 Å². The third-order valence-electron chi connectivity index (χ3n) is 12.2. The van der Waals surface area contributed by atoms with Crippen LogP contribution in [0.1, 0.15) is 121 Å². The van der Waals surface area contributed by atoms with E-state index >= 15 is 0 Å². The summed E-state index contributed by atoms with van der Waals surface area (Å²) < 4.78 is 107. The third-order valence-corrected chi connectivity index (χ3v) is 14.7. The van der Waals surface area contributed by atoms with E-state index in [1.165, 1.54) is 37.4 Å². The van der Waals surface area contributed by atoms with Crippen molar-refractivity contribution in [1.82, 2.24) is 0 Å². The highest BCUT2D eigenvalue weighted by Crippen LogP contribution is 2.52. The zero-order chi connectivity index (χ0) is 48.2. The topological polar surface area (TPSA) is 273 Å². The Morgan fingerprint density at radius 1 is 0.723 bits per heavy atom. The second-order valence-electron chi connectivity index (χ2n) is 16.9. The Kier molecular flexibility index (Phi) is 18.4. The molecule has 6 N–H and O–H groups in total. The first kappa shape index (κ1) is 52.9. The van der Waals surface area contributed by atoms with Crippen molar-refractivity contribution in [2.45, 2.75) is 131 Å². The first-order valence-corrected chi connectivity index (χ1v) is 26.2. The summed E-state index contributed by atoms with van der Waals surface area (Å²) in [4.78, 5) is 35.9. The average Bonchev–Trinajstić information content (AvgIpc) is 3.58. The minimum absolute atomic E-state index is 0.0174. The Hall–Kier alpha value is -4.73. The maximum atomic E-state index is 12.5. The summed E-state index contributed by atoms with van der Waals surface area (Å²) in [6.07, 6.45) is 15.5. The van der Waals surface area contributed by atoms with Gasteiger partial charge in [-0.3, -0.25) is 23.5 Å². The molecule has 2 atom stereocenters. The van der Waals surface area contributed by atoms with E-state index in [-0.39, 0.29) is 48.0 Å². The summed E-state index contributed by atoms with van der Waals surface area (Å²) in [5.41, 5.74) is 2.45. The minimum atomic E-state index is -4.61. The van der Waals surface area contributed by atoms with E-state index in [0.29, 0.717) is 99.7 Å². The Balaban J connectivity index is 1.80. The quantitative estimate of drug-likeness (QED) is 0.0184. The van der Waals surface area contributed by atoms with Crippen LogP contribution >= 0.6 is 0 Å². The summed E-state index contributed by atoms with van der Waals surface area (Å²) in [6, 6.07) is 8.81. The molecule has 20 heteroatoms. The molecule has 4 rings (SSSR count). The highest BCUT2D eigenvalue weighted by molar-refractivity contribution is 7.86. The van der Waals surface area contributed by atoms with Crippen LogP contribution in [0, 0.1) is 0 Å². The molecule has 0 saturated carbocycles. The zero-order valence-corrected chi connectivity index (χ0v) is 39.5. The number of carbonyl (C=O) groups is 3. The Bertz CT molecular complexity index is 2550. The number of hydrogen-bond acceptors (Lipinski definition) is 11. The summed E-state index contributed by atoms with van der Waals surface area (Å²) >= 11 is 0. The molecule has 0 aromatic heterocycles. The monoisotopic (exact) mass is 966 g/mol. The van der Waals surface area contributed by atoms with Crippen molar-refractivity contribution in [2.24, 2.45) is 0 Å². The van der Waals surface area contributed by atoms with Gasteiger partial charge < -0.3 is 24.4 Å². The van der Waals surface area contributed by atoms with Crippen LogP contribution in [0.5, 0.6) is 0 Å². The predicted molar refractivity (Wildman–Crippen MR) is 245 cm³/mol. The van der Waals surface area contributed by atoms with Gasteiger partial charge in [0, 0.05) is 66.7 Å². The van der Waals surface area contributed by atoms with Gasteiger partial charge in [-0.2, -0.15) is 21.4 Å². The predicted octanol–water partition coefficient (Wildman–Crippen LogP) is 6.56. The van der Waals surface area contributed by atoms with Gasteiger partial charge >= 0.3 is 28.0 Å². The first-order chi connectivity index (χ1) is 30.4. The molecule has 2 aliphatic rings. The highest BCUT2D eigenvalue weighted by Gasteiger charge is 2.48. The Labute approximate surface area is 381 Å². The first-order valence-electron chi connectivity index (χ1n) is 21.6. The summed E-state index contributed by atoms with van der Waals surface area (Å²) in [7, 11) is -11.9. The van der Waals surface area contributed by atoms with Crippen LogP contribution in [0.25, 0.3) is 0 Å². The lowest BCUT2D eigenvalue weighted by Crippen LogP contribution is -2.32. The summed E-state index contributed by atoms with van der Waals surface area (Å²) in [5, 5.41) is 18.4. The molecular formula is C45H62N2O15S3+2. The number of carbonyl (C=O) groups excluding carboxylic acids is 1. The molecule has 2 aromatic carbocycles. The number of anilines is 1. The Morgan fingerprint density at radius 3 is 1.89 bits per heavy atom. The number of hydrogen-bond donors (Lipinski definition) is 4. The van der Waals surface area contributed by atoms with Crippen molar-refractivity contribution in [2.75, 3.05) is 30.9 Å². The fourth-order valence-electron chi connectivity index (χ4n) is 8.84. The summed E-state index contributed by atoms with van der Waals surface area (Å²) in [6.45, 7) is 4.51. The molecule has 0 spiro atoms. The maximum absolute atomic E-state index is 12.5. The van der Waals surface area contributed by atoms with Gasteiger partial charge in [0.1, 0.15) is 11.4 Å². The smallest absolute Gasteiger partial charge is 0.409 e. The highest BCUT2D eigenvalue weighted by atomic mass is 32.2. The Morgan fingerprint density at radius 2 is 1.31 bits per heavy atom. The fraction of sp³-hybridized carbons (Fsp3) is 0.511. The molecule has 0 saturated heterocycles.